The van der Waals surface area contributed by atoms with Crippen molar-refractivity contribution in [3.63, 3.8) is 0 Å². The molecule has 4 rings (SSSR count). The normalized spacial score (nSPS) is 44.9. The number of carbonyl (C=O) groups excluding carboxylic acids is 2. The highest BCUT2D eigenvalue weighted by atomic mass is 16.5. The summed E-state index contributed by atoms with van der Waals surface area (Å²) in [6, 6.07) is 0. The minimum absolute atomic E-state index is 0.0356. The van der Waals surface area contributed by atoms with Gasteiger partial charge in [-0.15, -0.1) is 0 Å². The summed E-state index contributed by atoms with van der Waals surface area (Å²) in [4.78, 5) is 24.0. The Bertz CT molecular complexity index is 612. The molecule has 0 bridgehead atoms. The summed E-state index contributed by atoms with van der Waals surface area (Å²) in [7, 11) is 1.89. The molecule has 4 saturated carbocycles. The van der Waals surface area contributed by atoms with Crippen molar-refractivity contribution in [1.82, 2.24) is 0 Å². The second-order valence-corrected chi connectivity index (χ2v) is 10.5. The molecule has 0 aromatic heterocycles. The maximum Gasteiger partial charge on any atom is 0.303 e. The fourth-order valence-electron chi connectivity index (χ4n) is 8.42. The molecule has 0 amide bonds. The molecule has 0 aromatic rings. The molecule has 4 heteroatoms. The van der Waals surface area contributed by atoms with Crippen molar-refractivity contribution in [1.29, 1.82) is 0 Å². The fraction of sp³-hybridized carbons (Fsp3) is 0.917. The first-order valence-corrected chi connectivity index (χ1v) is 11.6. The van der Waals surface area contributed by atoms with Crippen molar-refractivity contribution in [3.05, 3.63) is 0 Å². The van der Waals surface area contributed by atoms with E-state index < -0.39 is 0 Å². The van der Waals surface area contributed by atoms with Gasteiger partial charge in [0.05, 0.1) is 6.61 Å². The van der Waals surface area contributed by atoms with E-state index in [1.165, 1.54) is 58.3 Å². The lowest BCUT2D eigenvalue weighted by Crippen LogP contribution is -2.56. The van der Waals surface area contributed by atoms with Crippen LogP contribution in [0.1, 0.15) is 78.1 Å². The number of Topliss-reactive ketones (excluding diaryl/α,β-unsaturated/α-hetero) is 1. The first-order valence-electron chi connectivity index (χ1n) is 11.6. The smallest absolute Gasteiger partial charge is 0.303 e. The second-order valence-electron chi connectivity index (χ2n) is 10.5. The van der Waals surface area contributed by atoms with Gasteiger partial charge in [0, 0.05) is 20.0 Å². The van der Waals surface area contributed by atoms with Crippen LogP contribution in [-0.2, 0) is 19.1 Å². The fourth-order valence-corrected chi connectivity index (χ4v) is 8.42. The Hall–Kier alpha value is -0.900. The van der Waals surface area contributed by atoms with Crippen molar-refractivity contribution in [2.45, 2.75) is 78.1 Å². The minimum atomic E-state index is -0.353. The Kier molecular flexibility index (Phi) is 5.63. The van der Waals surface area contributed by atoms with Crippen LogP contribution in [0.15, 0.2) is 0 Å². The van der Waals surface area contributed by atoms with Gasteiger partial charge in [-0.05, 0) is 85.9 Å². The van der Waals surface area contributed by atoms with Gasteiger partial charge in [-0.25, -0.2) is 0 Å². The lowest BCUT2D eigenvalue weighted by atomic mass is 9.44. The highest BCUT2D eigenvalue weighted by Crippen LogP contribution is 2.67. The molecule has 0 spiro atoms. The van der Waals surface area contributed by atoms with Crippen LogP contribution in [0, 0.1) is 40.4 Å². The summed E-state index contributed by atoms with van der Waals surface area (Å²) in [6.45, 7) is 4.64. The van der Waals surface area contributed by atoms with Crippen LogP contribution in [-0.4, -0.2) is 32.1 Å². The molecule has 0 aromatic carbocycles. The van der Waals surface area contributed by atoms with Gasteiger partial charge >= 0.3 is 5.97 Å². The first-order chi connectivity index (χ1) is 13.4. The molecule has 7 atom stereocenters. The molecular weight excluding hydrogens is 352 g/mol. The summed E-state index contributed by atoms with van der Waals surface area (Å²) >= 11 is 0. The predicted molar refractivity (Wildman–Crippen MR) is 108 cm³/mol. The zero-order valence-corrected chi connectivity index (χ0v) is 18.0. The number of rotatable bonds is 5. The molecule has 4 fully saturated rings. The molecule has 28 heavy (non-hydrogen) atoms. The van der Waals surface area contributed by atoms with Crippen LogP contribution in [0.25, 0.3) is 0 Å². The third-order valence-electron chi connectivity index (χ3n) is 9.50. The Morgan fingerprint density at radius 3 is 2.54 bits per heavy atom. The van der Waals surface area contributed by atoms with Crippen LogP contribution in [0.5, 0.6) is 0 Å². The molecule has 0 radical (unpaired) electrons. The average molecular weight is 391 g/mol. The Balaban J connectivity index is 1.55. The summed E-state index contributed by atoms with van der Waals surface area (Å²) in [6.07, 6.45) is 12.7. The van der Waals surface area contributed by atoms with Crippen LogP contribution >= 0.6 is 0 Å². The number of carbonyl (C=O) groups is 2. The maximum absolute atomic E-state index is 12.9. The Morgan fingerprint density at radius 2 is 1.79 bits per heavy atom. The SMILES string of the molecule is COCC12CCCCC1CCC1C3CCC(C(=O)COC(C)=O)C3(C)CCC12. The van der Waals surface area contributed by atoms with E-state index in [0.717, 1.165) is 37.2 Å². The molecular formula is C24H38O4. The summed E-state index contributed by atoms with van der Waals surface area (Å²) in [5, 5.41) is 0. The van der Waals surface area contributed by atoms with Crippen molar-refractivity contribution >= 4 is 11.8 Å². The quantitative estimate of drug-likeness (QED) is 0.633. The van der Waals surface area contributed by atoms with E-state index in [1.54, 1.807) is 0 Å². The third kappa shape index (κ3) is 3.14. The van der Waals surface area contributed by atoms with E-state index in [1.807, 2.05) is 7.11 Å². The number of ether oxygens (including phenoxy) is 2. The topological polar surface area (TPSA) is 52.6 Å². The van der Waals surface area contributed by atoms with Crippen molar-refractivity contribution in [3.8, 4) is 0 Å². The van der Waals surface area contributed by atoms with Gasteiger partial charge < -0.3 is 9.47 Å². The van der Waals surface area contributed by atoms with Crippen LogP contribution in [0.4, 0.5) is 0 Å². The molecule has 4 aliphatic carbocycles. The van der Waals surface area contributed by atoms with Gasteiger partial charge in [0.25, 0.3) is 0 Å². The highest BCUT2D eigenvalue weighted by molar-refractivity contribution is 5.85. The molecule has 7 unspecified atom stereocenters. The Labute approximate surface area is 170 Å². The minimum Gasteiger partial charge on any atom is -0.458 e. The van der Waals surface area contributed by atoms with Crippen molar-refractivity contribution in [2.75, 3.05) is 20.3 Å². The van der Waals surface area contributed by atoms with Crippen molar-refractivity contribution < 1.29 is 19.1 Å². The van der Waals surface area contributed by atoms with Gasteiger partial charge in [0.1, 0.15) is 6.61 Å². The van der Waals surface area contributed by atoms with E-state index in [9.17, 15) is 9.59 Å². The standard InChI is InChI=1S/C24H38O4/c1-16(25)28-14-22(26)21-10-9-19-18-8-7-17-6-4-5-12-24(17,15-27-3)20(18)11-13-23(19,21)2/h17-21H,4-15H2,1-3H3. The number of hydrogen-bond donors (Lipinski definition) is 0. The van der Waals surface area contributed by atoms with E-state index in [2.05, 4.69) is 6.92 Å². The van der Waals surface area contributed by atoms with Gasteiger partial charge in [-0.1, -0.05) is 19.8 Å². The molecule has 0 heterocycles. The lowest BCUT2D eigenvalue weighted by Gasteiger charge is -2.61. The number of fused-ring (bicyclic) bond motifs is 5. The first kappa shape index (κ1) is 20.4. The molecule has 0 N–H and O–H groups in total. The van der Waals surface area contributed by atoms with Gasteiger partial charge in [-0.3, -0.25) is 9.59 Å². The highest BCUT2D eigenvalue weighted by Gasteiger charge is 2.61. The van der Waals surface area contributed by atoms with E-state index in [4.69, 9.17) is 9.47 Å². The molecule has 0 aliphatic heterocycles. The van der Waals surface area contributed by atoms with Crippen LogP contribution in [0.3, 0.4) is 0 Å². The van der Waals surface area contributed by atoms with Gasteiger partial charge in [0.2, 0.25) is 0 Å². The molecule has 4 aliphatic rings. The number of esters is 1. The Morgan fingerprint density at radius 1 is 0.964 bits per heavy atom. The number of hydrogen-bond acceptors (Lipinski definition) is 4. The zero-order valence-electron chi connectivity index (χ0n) is 18.0. The van der Waals surface area contributed by atoms with E-state index in [-0.39, 0.29) is 29.7 Å². The van der Waals surface area contributed by atoms with E-state index >= 15 is 0 Å². The lowest BCUT2D eigenvalue weighted by molar-refractivity contribution is -0.155. The average Bonchev–Trinajstić information content (AvgIpc) is 3.03. The maximum atomic E-state index is 12.9. The number of ketones is 1. The van der Waals surface area contributed by atoms with Gasteiger partial charge in [0.15, 0.2) is 5.78 Å². The van der Waals surface area contributed by atoms with Crippen LogP contribution < -0.4 is 0 Å². The third-order valence-corrected chi connectivity index (χ3v) is 9.50. The van der Waals surface area contributed by atoms with Crippen molar-refractivity contribution in [2.24, 2.45) is 40.4 Å². The van der Waals surface area contributed by atoms with E-state index in [0.29, 0.717) is 11.3 Å². The molecule has 158 valence electrons. The molecule has 4 nitrogen and oxygen atoms in total. The number of methoxy groups -OCH3 is 1. The summed E-state index contributed by atoms with van der Waals surface area (Å²) < 4.78 is 10.9. The predicted octanol–water partition coefficient (Wildman–Crippen LogP) is 4.79. The zero-order chi connectivity index (χ0) is 19.9. The largest absolute Gasteiger partial charge is 0.458 e. The van der Waals surface area contributed by atoms with Gasteiger partial charge in [-0.2, -0.15) is 0 Å². The summed E-state index contributed by atoms with van der Waals surface area (Å²) in [5.74, 6) is 2.87. The molecule has 0 saturated heterocycles. The second kappa shape index (κ2) is 7.74. The summed E-state index contributed by atoms with van der Waals surface area (Å²) in [5.41, 5.74) is 0.477. The van der Waals surface area contributed by atoms with Crippen LogP contribution in [0.2, 0.25) is 0 Å². The monoisotopic (exact) mass is 390 g/mol.